The first-order valence-corrected chi connectivity index (χ1v) is 2.35. The van der Waals surface area contributed by atoms with Crippen LogP contribution in [0.15, 0.2) is 24.3 Å². The Morgan fingerprint density at radius 1 is 1.33 bits per heavy atom. The molecule has 0 aliphatic rings. The second kappa shape index (κ2) is 4.83. The predicted molar refractivity (Wildman–Crippen MR) is 30.7 cm³/mol. The molecule has 0 aliphatic carbocycles. The van der Waals surface area contributed by atoms with Crippen molar-refractivity contribution in [2.75, 3.05) is 0 Å². The van der Waals surface area contributed by atoms with Crippen molar-refractivity contribution < 1.29 is 37.5 Å². The van der Waals surface area contributed by atoms with Gasteiger partial charge in [-0.2, -0.15) is 30.3 Å². The smallest absolute Gasteiger partial charge is 0.300 e. The number of rotatable bonds is 1. The normalized spacial score (nSPS) is 7.56. The molecular formula is C7H5OY+2. The molecule has 0 bridgehead atoms. The van der Waals surface area contributed by atoms with Crippen molar-refractivity contribution in [1.29, 1.82) is 0 Å². The molecule has 1 rings (SSSR count). The summed E-state index contributed by atoms with van der Waals surface area (Å²) in [5, 5.41) is 0. The molecule has 0 radical (unpaired) electrons. The van der Waals surface area contributed by atoms with Gasteiger partial charge in [0.25, 0.3) is 0 Å². The maximum atomic E-state index is 9.99. The third kappa shape index (κ3) is 2.88. The number of hydrogen-bond donors (Lipinski definition) is 0. The van der Waals surface area contributed by atoms with Gasteiger partial charge in [0.1, 0.15) is 6.29 Å². The molecule has 0 aliphatic heterocycles. The second-order valence-electron chi connectivity index (χ2n) is 1.45. The molecule has 0 fully saturated rings. The van der Waals surface area contributed by atoms with Crippen LogP contribution in [0.4, 0.5) is 0 Å². The first kappa shape index (κ1) is 8.99. The second-order valence-corrected chi connectivity index (χ2v) is 1.45. The average molecular weight is 194 g/mol. The van der Waals surface area contributed by atoms with E-state index in [-0.39, 0.29) is 32.7 Å². The SMILES string of the molecule is O=Cc1cc[c-]cc1.[Y+3]. The van der Waals surface area contributed by atoms with Gasteiger partial charge in [0.15, 0.2) is 0 Å². The van der Waals surface area contributed by atoms with Crippen LogP contribution in [0.25, 0.3) is 0 Å². The quantitative estimate of drug-likeness (QED) is 0.486. The number of aldehydes is 1. The van der Waals surface area contributed by atoms with Crippen LogP contribution in [0.5, 0.6) is 0 Å². The molecule has 1 nitrogen and oxygen atoms in total. The van der Waals surface area contributed by atoms with E-state index >= 15 is 0 Å². The summed E-state index contributed by atoms with van der Waals surface area (Å²) in [7, 11) is 0. The first-order chi connectivity index (χ1) is 3.93. The van der Waals surface area contributed by atoms with Gasteiger partial charge in [-0.05, 0) is 0 Å². The van der Waals surface area contributed by atoms with Crippen LogP contribution in [0.1, 0.15) is 10.4 Å². The standard InChI is InChI=1S/C7H5O.Y/c8-6-7-4-2-1-3-5-7;/h2-6H;/q-1;+3. The third-order valence-electron chi connectivity index (χ3n) is 0.880. The van der Waals surface area contributed by atoms with E-state index in [9.17, 15) is 4.79 Å². The van der Waals surface area contributed by atoms with E-state index in [1.807, 2.05) is 0 Å². The van der Waals surface area contributed by atoms with Crippen LogP contribution < -0.4 is 0 Å². The monoisotopic (exact) mass is 194 g/mol. The Bertz CT molecular complexity index is 172. The van der Waals surface area contributed by atoms with E-state index < -0.39 is 0 Å². The van der Waals surface area contributed by atoms with Crippen molar-refractivity contribution in [2.45, 2.75) is 0 Å². The van der Waals surface area contributed by atoms with Crippen molar-refractivity contribution in [1.82, 2.24) is 0 Å². The van der Waals surface area contributed by atoms with Crippen molar-refractivity contribution in [3.63, 3.8) is 0 Å². The van der Waals surface area contributed by atoms with Crippen molar-refractivity contribution in [2.24, 2.45) is 0 Å². The van der Waals surface area contributed by atoms with E-state index in [4.69, 9.17) is 0 Å². The van der Waals surface area contributed by atoms with Gasteiger partial charge < -0.3 is 4.79 Å². The number of hydrogen-bond acceptors (Lipinski definition) is 1. The summed E-state index contributed by atoms with van der Waals surface area (Å²) >= 11 is 0. The van der Waals surface area contributed by atoms with E-state index in [1.165, 1.54) is 0 Å². The van der Waals surface area contributed by atoms with Gasteiger partial charge in [0, 0.05) is 0 Å². The molecule has 0 amide bonds. The summed E-state index contributed by atoms with van der Waals surface area (Å²) < 4.78 is 0. The van der Waals surface area contributed by atoms with Gasteiger partial charge in [0.2, 0.25) is 0 Å². The summed E-state index contributed by atoms with van der Waals surface area (Å²) in [5.74, 6) is 0. The Labute approximate surface area is 79.3 Å². The molecule has 0 heterocycles. The Kier molecular flexibility index (Phi) is 4.83. The molecule has 1 aromatic rings. The molecule has 40 valence electrons. The fourth-order valence-electron chi connectivity index (χ4n) is 0.478. The van der Waals surface area contributed by atoms with Crippen LogP contribution in [-0.2, 0) is 32.7 Å². The molecule has 0 spiro atoms. The van der Waals surface area contributed by atoms with Crippen molar-refractivity contribution >= 4 is 6.29 Å². The van der Waals surface area contributed by atoms with Gasteiger partial charge in [0.05, 0.1) is 0 Å². The average Bonchev–Trinajstić information content (AvgIpc) is 1.90. The van der Waals surface area contributed by atoms with Gasteiger partial charge in [-0.3, -0.25) is 0 Å². The van der Waals surface area contributed by atoms with E-state index in [1.54, 1.807) is 24.3 Å². The molecule has 2 heteroatoms. The molecule has 9 heavy (non-hydrogen) atoms. The summed E-state index contributed by atoms with van der Waals surface area (Å²) in [6.07, 6.45) is 0.813. The Balaban J connectivity index is 0.000000640. The van der Waals surface area contributed by atoms with Gasteiger partial charge in [-0.15, -0.1) is 0 Å². The van der Waals surface area contributed by atoms with E-state index in [2.05, 4.69) is 6.07 Å². The third-order valence-corrected chi connectivity index (χ3v) is 0.880. The van der Waals surface area contributed by atoms with E-state index in [0.29, 0.717) is 5.56 Å². The summed E-state index contributed by atoms with van der Waals surface area (Å²) in [6, 6.07) is 9.66. The number of carbonyl (C=O) groups excluding carboxylic acids is 1. The minimum Gasteiger partial charge on any atom is -0.300 e. The number of benzene rings is 1. The maximum Gasteiger partial charge on any atom is 3.00 e. The zero-order valence-corrected chi connectivity index (χ0v) is 7.71. The van der Waals surface area contributed by atoms with Crippen molar-refractivity contribution in [3.8, 4) is 0 Å². The summed E-state index contributed by atoms with van der Waals surface area (Å²) in [4.78, 5) is 9.99. The fourth-order valence-corrected chi connectivity index (χ4v) is 0.478. The maximum absolute atomic E-state index is 9.99. The molecular weight excluding hydrogens is 189 g/mol. The number of carbonyl (C=O) groups is 1. The molecule has 0 aromatic heterocycles. The van der Waals surface area contributed by atoms with Gasteiger partial charge >= 0.3 is 32.7 Å². The topological polar surface area (TPSA) is 17.1 Å². The first-order valence-electron chi connectivity index (χ1n) is 2.35. The largest absolute Gasteiger partial charge is 3.00 e. The van der Waals surface area contributed by atoms with E-state index in [0.717, 1.165) is 6.29 Å². The van der Waals surface area contributed by atoms with Crippen LogP contribution in [-0.4, -0.2) is 6.29 Å². The molecule has 0 atom stereocenters. The summed E-state index contributed by atoms with van der Waals surface area (Å²) in [5.41, 5.74) is 0.698. The van der Waals surface area contributed by atoms with Crippen molar-refractivity contribution in [3.05, 3.63) is 35.9 Å². The zero-order chi connectivity index (χ0) is 5.82. The molecule has 1 aromatic carbocycles. The predicted octanol–water partition coefficient (Wildman–Crippen LogP) is 1.30. The minimum absolute atomic E-state index is 0. The van der Waals surface area contributed by atoms with Crippen LogP contribution in [0.2, 0.25) is 0 Å². The van der Waals surface area contributed by atoms with Crippen LogP contribution in [0.3, 0.4) is 0 Å². The van der Waals surface area contributed by atoms with Gasteiger partial charge in [-0.25, -0.2) is 0 Å². The molecule has 0 unspecified atom stereocenters. The van der Waals surface area contributed by atoms with Crippen LogP contribution >= 0.6 is 0 Å². The fraction of sp³-hybridized carbons (Fsp3) is 0. The minimum atomic E-state index is 0. The molecule has 0 saturated carbocycles. The Morgan fingerprint density at radius 2 is 1.89 bits per heavy atom. The zero-order valence-electron chi connectivity index (χ0n) is 4.87. The Hall–Kier alpha value is -0.00610. The van der Waals surface area contributed by atoms with Crippen LogP contribution in [0, 0.1) is 6.07 Å². The summed E-state index contributed by atoms with van der Waals surface area (Å²) in [6.45, 7) is 0. The molecule has 0 saturated heterocycles. The van der Waals surface area contributed by atoms with Gasteiger partial charge in [-0.1, -0.05) is 5.56 Å². The Morgan fingerprint density at radius 3 is 2.22 bits per heavy atom. The molecule has 0 N–H and O–H groups in total.